The van der Waals surface area contributed by atoms with Gasteiger partial charge < -0.3 is 5.32 Å². The van der Waals surface area contributed by atoms with Crippen molar-refractivity contribution in [1.29, 1.82) is 0 Å². The Kier molecular flexibility index (Phi) is 5.50. The zero-order valence-corrected chi connectivity index (χ0v) is 18.2. The first kappa shape index (κ1) is 19.3. The summed E-state index contributed by atoms with van der Waals surface area (Å²) in [6.07, 6.45) is 18.3. The normalized spacial score (nSPS) is 49.2. The van der Waals surface area contributed by atoms with Crippen molar-refractivity contribution in [2.45, 2.75) is 97.8 Å². The molecule has 4 fully saturated rings. The summed E-state index contributed by atoms with van der Waals surface area (Å²) in [6, 6.07) is 0. The zero-order chi connectivity index (χ0) is 18.4. The molecule has 0 aromatic heterocycles. The predicted octanol–water partition coefficient (Wildman–Crippen LogP) is 6.67. The molecule has 0 amide bonds. The molecule has 150 valence electrons. The highest BCUT2D eigenvalue weighted by Crippen LogP contribution is 2.68. The van der Waals surface area contributed by atoms with Crippen molar-refractivity contribution < 1.29 is 0 Å². The van der Waals surface area contributed by atoms with Gasteiger partial charge in [-0.2, -0.15) is 0 Å². The Morgan fingerprint density at radius 2 is 1.69 bits per heavy atom. The van der Waals surface area contributed by atoms with E-state index in [2.05, 4.69) is 33.1 Å². The molecule has 4 aliphatic rings. The Morgan fingerprint density at radius 3 is 2.50 bits per heavy atom. The summed E-state index contributed by atoms with van der Waals surface area (Å²) in [5.74, 6) is 6.19. The van der Waals surface area contributed by atoms with E-state index in [9.17, 15) is 0 Å². The lowest BCUT2D eigenvalue weighted by Crippen LogP contribution is -2.53. The summed E-state index contributed by atoms with van der Waals surface area (Å²) in [7, 11) is 2.10. The van der Waals surface area contributed by atoms with Crippen molar-refractivity contribution in [3.63, 3.8) is 0 Å². The smallest absolute Gasteiger partial charge is 0.00518 e. The minimum absolute atomic E-state index is 0.665. The lowest BCUT2D eigenvalue weighted by Gasteiger charge is -2.61. The van der Waals surface area contributed by atoms with Gasteiger partial charge in [-0.3, -0.25) is 0 Å². The van der Waals surface area contributed by atoms with E-state index in [0.29, 0.717) is 10.8 Å². The first-order chi connectivity index (χ1) is 12.5. The second kappa shape index (κ2) is 7.41. The van der Waals surface area contributed by atoms with Gasteiger partial charge in [-0.25, -0.2) is 0 Å². The van der Waals surface area contributed by atoms with Crippen molar-refractivity contribution in [3.05, 3.63) is 0 Å². The number of rotatable bonds is 5. The first-order valence-corrected chi connectivity index (χ1v) is 12.2. The largest absolute Gasteiger partial charge is 0.320 e. The van der Waals surface area contributed by atoms with Gasteiger partial charge in [0.2, 0.25) is 0 Å². The molecular weight excluding hydrogens is 314 g/mol. The standard InChI is InChI=1S/C25H45N/c1-18(8-7-17-26-4)21-12-13-22-20-11-10-19-9-5-6-15-24(19,2)23(20)14-16-25(21,22)3/h18-23,26H,5-17H2,1-4H3/t18-,19?,20+,21-,22+,23+,24+,25-/m1/s1. The Labute approximate surface area is 163 Å². The van der Waals surface area contributed by atoms with Crippen LogP contribution in [0.15, 0.2) is 0 Å². The topological polar surface area (TPSA) is 12.0 Å². The van der Waals surface area contributed by atoms with Gasteiger partial charge in [-0.1, -0.05) is 33.6 Å². The van der Waals surface area contributed by atoms with E-state index in [4.69, 9.17) is 0 Å². The second-order valence-electron chi connectivity index (χ2n) is 11.4. The fraction of sp³-hybridized carbons (Fsp3) is 1.00. The monoisotopic (exact) mass is 359 g/mol. The maximum Gasteiger partial charge on any atom is -0.00518 e. The molecule has 1 heteroatoms. The molecule has 0 bridgehead atoms. The number of hydrogen-bond donors (Lipinski definition) is 1. The van der Waals surface area contributed by atoms with E-state index in [1.54, 1.807) is 44.9 Å². The van der Waals surface area contributed by atoms with Crippen molar-refractivity contribution in [1.82, 2.24) is 5.32 Å². The molecule has 1 unspecified atom stereocenters. The summed E-state index contributed by atoms with van der Waals surface area (Å²) in [4.78, 5) is 0. The van der Waals surface area contributed by atoms with Crippen LogP contribution in [0.3, 0.4) is 0 Å². The van der Waals surface area contributed by atoms with Crippen LogP contribution in [0.5, 0.6) is 0 Å². The molecule has 8 atom stereocenters. The van der Waals surface area contributed by atoms with E-state index in [-0.39, 0.29) is 0 Å². The molecular formula is C25H45N. The predicted molar refractivity (Wildman–Crippen MR) is 112 cm³/mol. The minimum Gasteiger partial charge on any atom is -0.320 e. The molecule has 0 aromatic carbocycles. The maximum absolute atomic E-state index is 3.35. The Balaban J connectivity index is 1.49. The van der Waals surface area contributed by atoms with Gasteiger partial charge >= 0.3 is 0 Å². The second-order valence-corrected chi connectivity index (χ2v) is 11.4. The van der Waals surface area contributed by atoms with E-state index >= 15 is 0 Å². The Morgan fingerprint density at radius 1 is 0.885 bits per heavy atom. The van der Waals surface area contributed by atoms with Crippen molar-refractivity contribution in [3.8, 4) is 0 Å². The number of hydrogen-bond acceptors (Lipinski definition) is 1. The molecule has 1 nitrogen and oxygen atoms in total. The molecule has 0 aliphatic heterocycles. The Hall–Kier alpha value is -0.0400. The molecule has 0 aromatic rings. The summed E-state index contributed by atoms with van der Waals surface area (Å²) < 4.78 is 0. The van der Waals surface area contributed by atoms with Crippen molar-refractivity contribution in [2.75, 3.05) is 13.6 Å². The lowest BCUT2D eigenvalue weighted by atomic mass is 9.44. The third-order valence-electron chi connectivity index (χ3n) is 10.4. The zero-order valence-electron chi connectivity index (χ0n) is 18.2. The minimum atomic E-state index is 0.665. The van der Waals surface area contributed by atoms with Gasteiger partial charge in [0.1, 0.15) is 0 Å². The van der Waals surface area contributed by atoms with Crippen LogP contribution in [0.1, 0.15) is 97.8 Å². The van der Waals surface area contributed by atoms with Gasteiger partial charge in [0, 0.05) is 0 Å². The molecule has 4 aliphatic carbocycles. The van der Waals surface area contributed by atoms with Gasteiger partial charge in [0.15, 0.2) is 0 Å². The third kappa shape index (κ3) is 2.99. The fourth-order valence-corrected chi connectivity index (χ4v) is 9.07. The maximum atomic E-state index is 3.35. The number of fused-ring (bicyclic) bond motifs is 5. The number of nitrogens with one attached hydrogen (secondary N) is 1. The highest BCUT2D eigenvalue weighted by atomic mass is 14.8. The average molecular weight is 360 g/mol. The van der Waals surface area contributed by atoms with Gasteiger partial charge in [-0.15, -0.1) is 0 Å². The quantitative estimate of drug-likeness (QED) is 0.540. The SMILES string of the molecule is CNCCC[C@@H](C)[C@H]1CC[C@H]2[C@@H]3CCC4CCCC[C@]4(C)[C@H]3CC[C@]12C. The lowest BCUT2D eigenvalue weighted by molar-refractivity contribution is -0.114. The van der Waals surface area contributed by atoms with Crippen LogP contribution < -0.4 is 5.32 Å². The summed E-state index contributed by atoms with van der Waals surface area (Å²) in [6.45, 7) is 9.24. The van der Waals surface area contributed by atoms with Crippen LogP contribution in [-0.2, 0) is 0 Å². The van der Waals surface area contributed by atoms with E-state index in [1.165, 1.54) is 38.6 Å². The summed E-state index contributed by atoms with van der Waals surface area (Å²) in [5, 5.41) is 3.35. The van der Waals surface area contributed by atoms with E-state index in [0.717, 1.165) is 35.5 Å². The van der Waals surface area contributed by atoms with Gasteiger partial charge in [-0.05, 0) is 124 Å². The van der Waals surface area contributed by atoms with Crippen LogP contribution >= 0.6 is 0 Å². The molecule has 0 saturated heterocycles. The first-order valence-electron chi connectivity index (χ1n) is 12.2. The van der Waals surface area contributed by atoms with Crippen LogP contribution in [0, 0.1) is 46.3 Å². The molecule has 4 rings (SSSR count). The highest BCUT2D eigenvalue weighted by molar-refractivity contribution is 5.09. The van der Waals surface area contributed by atoms with Crippen molar-refractivity contribution >= 4 is 0 Å². The Bertz CT molecular complexity index is 487. The van der Waals surface area contributed by atoms with Crippen LogP contribution in [0.4, 0.5) is 0 Å². The molecule has 4 saturated carbocycles. The molecule has 1 N–H and O–H groups in total. The summed E-state index contributed by atoms with van der Waals surface area (Å²) in [5.41, 5.74) is 1.37. The van der Waals surface area contributed by atoms with Crippen LogP contribution in [-0.4, -0.2) is 13.6 Å². The van der Waals surface area contributed by atoms with Gasteiger partial charge in [0.25, 0.3) is 0 Å². The van der Waals surface area contributed by atoms with E-state index < -0.39 is 0 Å². The summed E-state index contributed by atoms with van der Waals surface area (Å²) >= 11 is 0. The van der Waals surface area contributed by atoms with Crippen molar-refractivity contribution in [2.24, 2.45) is 46.3 Å². The van der Waals surface area contributed by atoms with Gasteiger partial charge in [0.05, 0.1) is 0 Å². The van der Waals surface area contributed by atoms with E-state index in [1.807, 2.05) is 0 Å². The average Bonchev–Trinajstić information content (AvgIpc) is 2.98. The van der Waals surface area contributed by atoms with Crippen LogP contribution in [0.2, 0.25) is 0 Å². The molecule has 0 heterocycles. The molecule has 26 heavy (non-hydrogen) atoms. The fourth-order valence-electron chi connectivity index (χ4n) is 9.07. The highest BCUT2D eigenvalue weighted by Gasteiger charge is 2.59. The van der Waals surface area contributed by atoms with Crippen LogP contribution in [0.25, 0.3) is 0 Å². The molecule has 0 spiro atoms. The molecule has 0 radical (unpaired) electrons. The third-order valence-corrected chi connectivity index (χ3v) is 10.4.